The van der Waals surface area contributed by atoms with Crippen LogP contribution in [0.15, 0.2) is 28.7 Å². The van der Waals surface area contributed by atoms with Crippen LogP contribution >= 0.6 is 28.3 Å². The molecule has 0 radical (unpaired) electrons. The summed E-state index contributed by atoms with van der Waals surface area (Å²) in [7, 11) is -3.55. The zero-order chi connectivity index (χ0) is 13.1. The first-order valence-corrected chi connectivity index (χ1v) is 7.48. The van der Waals surface area contributed by atoms with Crippen LogP contribution in [0.1, 0.15) is 5.56 Å². The molecule has 102 valence electrons. The van der Waals surface area contributed by atoms with E-state index in [1.165, 1.54) is 0 Å². The first kappa shape index (κ1) is 17.4. The van der Waals surface area contributed by atoms with Gasteiger partial charge in [0.25, 0.3) is 5.91 Å². The van der Waals surface area contributed by atoms with Crippen LogP contribution in [0.3, 0.4) is 0 Å². The fourth-order valence-corrected chi connectivity index (χ4v) is 2.01. The second kappa shape index (κ2) is 7.08. The minimum Gasteiger partial charge on any atom is -0.320 e. The molecule has 5 nitrogen and oxygen atoms in total. The van der Waals surface area contributed by atoms with E-state index in [0.29, 0.717) is 0 Å². The van der Waals surface area contributed by atoms with Gasteiger partial charge in [-0.2, -0.15) is 0 Å². The lowest BCUT2D eigenvalue weighted by Crippen LogP contribution is -2.44. The zero-order valence-corrected chi connectivity index (χ0v) is 12.8. The Balaban J connectivity index is 0.00000289. The van der Waals surface area contributed by atoms with Crippen LogP contribution in [0.2, 0.25) is 0 Å². The molecule has 0 aliphatic carbocycles. The molecule has 0 saturated heterocycles. The number of benzene rings is 1. The Labute approximate surface area is 121 Å². The molecule has 1 unspecified atom stereocenters. The third kappa shape index (κ3) is 6.34. The van der Waals surface area contributed by atoms with Gasteiger partial charge in [-0.15, -0.1) is 12.4 Å². The summed E-state index contributed by atoms with van der Waals surface area (Å²) in [4.78, 5) is 11.4. The molecule has 1 amide bonds. The van der Waals surface area contributed by atoms with Crippen molar-refractivity contribution in [3.63, 3.8) is 0 Å². The topological polar surface area (TPSA) is 89.3 Å². The fraction of sp³-hybridized carbons (Fsp3) is 0.300. The van der Waals surface area contributed by atoms with Gasteiger partial charge < -0.3 is 5.73 Å². The van der Waals surface area contributed by atoms with Gasteiger partial charge in [-0.1, -0.05) is 28.1 Å². The van der Waals surface area contributed by atoms with Crippen molar-refractivity contribution in [2.45, 2.75) is 12.5 Å². The molecular formula is C10H14BrClN2O3S. The molecule has 3 N–H and O–H groups in total. The molecule has 0 aliphatic rings. The lowest BCUT2D eigenvalue weighted by atomic mass is 10.1. The van der Waals surface area contributed by atoms with Crippen molar-refractivity contribution in [2.24, 2.45) is 5.73 Å². The average molecular weight is 358 g/mol. The van der Waals surface area contributed by atoms with Crippen molar-refractivity contribution in [1.29, 1.82) is 0 Å². The minimum atomic E-state index is -3.55. The van der Waals surface area contributed by atoms with E-state index in [-0.39, 0.29) is 18.8 Å². The SMILES string of the molecule is CS(=O)(=O)NC(=O)C(N)Cc1ccc(Br)cc1.Cl. The highest BCUT2D eigenvalue weighted by Crippen LogP contribution is 2.11. The quantitative estimate of drug-likeness (QED) is 0.835. The van der Waals surface area contributed by atoms with Gasteiger partial charge in [-0.3, -0.25) is 9.52 Å². The van der Waals surface area contributed by atoms with E-state index >= 15 is 0 Å². The molecule has 0 fully saturated rings. The number of amides is 1. The molecule has 1 aromatic rings. The molecule has 0 saturated carbocycles. The van der Waals surface area contributed by atoms with Gasteiger partial charge in [0.2, 0.25) is 10.0 Å². The molecule has 0 bridgehead atoms. The van der Waals surface area contributed by atoms with Crippen molar-refractivity contribution >= 4 is 44.3 Å². The van der Waals surface area contributed by atoms with Crippen LogP contribution in [0.25, 0.3) is 0 Å². The summed E-state index contributed by atoms with van der Waals surface area (Å²) < 4.78 is 24.5. The highest BCUT2D eigenvalue weighted by atomic mass is 79.9. The van der Waals surface area contributed by atoms with Crippen LogP contribution in [0, 0.1) is 0 Å². The van der Waals surface area contributed by atoms with Gasteiger partial charge in [-0.05, 0) is 24.1 Å². The Hall–Kier alpha value is -0.630. The normalized spacial score (nSPS) is 12.4. The van der Waals surface area contributed by atoms with Gasteiger partial charge in [-0.25, -0.2) is 8.42 Å². The summed E-state index contributed by atoms with van der Waals surface area (Å²) in [6, 6.07) is 6.41. The standard InChI is InChI=1S/C10H13BrN2O3S.ClH/c1-17(15,16)13-10(14)9(12)6-7-2-4-8(11)5-3-7;/h2-5,9H,6,12H2,1H3,(H,13,14);1H. The monoisotopic (exact) mass is 356 g/mol. The number of sulfonamides is 1. The second-order valence-corrected chi connectivity index (χ2v) is 6.34. The van der Waals surface area contributed by atoms with Crippen LogP contribution in [-0.4, -0.2) is 26.6 Å². The Morgan fingerprint density at radius 3 is 2.33 bits per heavy atom. The van der Waals surface area contributed by atoms with E-state index in [0.717, 1.165) is 16.3 Å². The zero-order valence-electron chi connectivity index (χ0n) is 9.59. The van der Waals surface area contributed by atoms with Crippen molar-refractivity contribution in [1.82, 2.24) is 4.72 Å². The predicted molar refractivity (Wildman–Crippen MR) is 76.1 cm³/mol. The summed E-state index contributed by atoms with van der Waals surface area (Å²) in [6.07, 6.45) is 1.20. The molecule has 0 aliphatic heterocycles. The molecule has 0 aromatic heterocycles. The number of carbonyl (C=O) groups excluding carboxylic acids is 1. The molecule has 8 heteroatoms. The van der Waals surface area contributed by atoms with E-state index < -0.39 is 22.0 Å². The average Bonchev–Trinajstić information content (AvgIpc) is 2.19. The molecule has 18 heavy (non-hydrogen) atoms. The molecule has 0 spiro atoms. The maximum Gasteiger partial charge on any atom is 0.250 e. The largest absolute Gasteiger partial charge is 0.320 e. The lowest BCUT2D eigenvalue weighted by Gasteiger charge is -2.11. The van der Waals surface area contributed by atoms with Crippen LogP contribution < -0.4 is 10.5 Å². The van der Waals surface area contributed by atoms with Crippen molar-refractivity contribution in [3.8, 4) is 0 Å². The van der Waals surface area contributed by atoms with E-state index in [1.807, 2.05) is 29.0 Å². The van der Waals surface area contributed by atoms with Crippen LogP contribution in [-0.2, 0) is 21.2 Å². The third-order valence-electron chi connectivity index (χ3n) is 1.99. The van der Waals surface area contributed by atoms with Gasteiger partial charge in [0.1, 0.15) is 0 Å². The lowest BCUT2D eigenvalue weighted by molar-refractivity contribution is -0.120. The smallest absolute Gasteiger partial charge is 0.250 e. The van der Waals surface area contributed by atoms with Crippen LogP contribution in [0.4, 0.5) is 0 Å². The summed E-state index contributed by atoms with van der Waals surface area (Å²) in [5.41, 5.74) is 6.47. The number of hydrogen-bond acceptors (Lipinski definition) is 4. The van der Waals surface area contributed by atoms with E-state index in [2.05, 4.69) is 15.9 Å². The third-order valence-corrected chi connectivity index (χ3v) is 3.09. The van der Waals surface area contributed by atoms with E-state index in [4.69, 9.17) is 5.73 Å². The Morgan fingerprint density at radius 2 is 1.89 bits per heavy atom. The molecule has 1 aromatic carbocycles. The second-order valence-electron chi connectivity index (χ2n) is 3.68. The Bertz CT molecular complexity index is 504. The summed E-state index contributed by atoms with van der Waals surface area (Å²) in [6.45, 7) is 0. The minimum absolute atomic E-state index is 0. The first-order valence-electron chi connectivity index (χ1n) is 4.79. The van der Waals surface area contributed by atoms with Gasteiger partial charge in [0, 0.05) is 4.47 Å². The highest BCUT2D eigenvalue weighted by molar-refractivity contribution is 9.10. The predicted octanol–water partition coefficient (Wildman–Crippen LogP) is 0.817. The number of rotatable bonds is 4. The van der Waals surface area contributed by atoms with Gasteiger partial charge in [0.05, 0.1) is 12.3 Å². The highest BCUT2D eigenvalue weighted by Gasteiger charge is 2.17. The number of nitrogens with two attached hydrogens (primary N) is 1. The number of halogens is 2. The fourth-order valence-electron chi connectivity index (χ4n) is 1.23. The van der Waals surface area contributed by atoms with E-state index in [1.54, 1.807) is 0 Å². The maximum atomic E-state index is 11.4. The maximum absolute atomic E-state index is 11.4. The first-order chi connectivity index (χ1) is 7.78. The van der Waals surface area contributed by atoms with Gasteiger partial charge >= 0.3 is 0 Å². The van der Waals surface area contributed by atoms with Crippen molar-refractivity contribution in [3.05, 3.63) is 34.3 Å². The van der Waals surface area contributed by atoms with Gasteiger partial charge in [0.15, 0.2) is 0 Å². The number of carbonyl (C=O) groups is 1. The Kier molecular flexibility index (Phi) is 6.83. The number of hydrogen-bond donors (Lipinski definition) is 2. The van der Waals surface area contributed by atoms with E-state index in [9.17, 15) is 13.2 Å². The molecule has 0 heterocycles. The summed E-state index contributed by atoms with van der Waals surface area (Å²) in [5.74, 6) is -0.699. The van der Waals surface area contributed by atoms with Crippen LogP contribution in [0.5, 0.6) is 0 Å². The summed E-state index contributed by atoms with van der Waals surface area (Å²) >= 11 is 3.29. The number of nitrogens with one attached hydrogen (secondary N) is 1. The molecular weight excluding hydrogens is 344 g/mol. The molecule has 1 rings (SSSR count). The Morgan fingerprint density at radius 1 is 1.39 bits per heavy atom. The summed E-state index contributed by atoms with van der Waals surface area (Å²) in [5, 5.41) is 0. The van der Waals surface area contributed by atoms with Crippen molar-refractivity contribution in [2.75, 3.05) is 6.26 Å². The van der Waals surface area contributed by atoms with Crippen molar-refractivity contribution < 1.29 is 13.2 Å². The molecule has 1 atom stereocenters.